The van der Waals surface area contributed by atoms with Crippen molar-refractivity contribution in [1.29, 1.82) is 0 Å². The molecule has 3 nitrogen and oxygen atoms in total. The van der Waals surface area contributed by atoms with Gasteiger partial charge in [0.25, 0.3) is 0 Å². The quantitative estimate of drug-likeness (QED) is 0.925. The molecule has 0 aliphatic heterocycles. The summed E-state index contributed by atoms with van der Waals surface area (Å²) in [4.78, 5) is 4.21. The molecule has 0 radical (unpaired) electrons. The number of furan rings is 1. The molecule has 0 aliphatic rings. The van der Waals surface area contributed by atoms with Crippen LogP contribution in [0.25, 0.3) is 0 Å². The average molecular weight is 267 g/mol. The van der Waals surface area contributed by atoms with Crippen LogP contribution in [0.5, 0.6) is 0 Å². The fourth-order valence-corrected chi connectivity index (χ4v) is 1.48. The Morgan fingerprint density at radius 3 is 2.93 bits per heavy atom. The van der Waals surface area contributed by atoms with Crippen molar-refractivity contribution in [3.05, 3.63) is 47.0 Å². The summed E-state index contributed by atoms with van der Waals surface area (Å²) in [6.07, 6.45) is 4.33. The Kier molecular flexibility index (Phi) is 3.40. The predicted octanol–water partition coefficient (Wildman–Crippen LogP) is 3.09. The Morgan fingerprint density at radius 1 is 1.33 bits per heavy atom. The lowest BCUT2D eigenvalue weighted by molar-refractivity contribution is 0.513. The summed E-state index contributed by atoms with van der Waals surface area (Å²) in [5.41, 5.74) is 0. The second-order valence-corrected chi connectivity index (χ2v) is 4.03. The topological polar surface area (TPSA) is 38.1 Å². The fourth-order valence-electron chi connectivity index (χ4n) is 1.25. The standard InChI is InChI=1S/C11H11BrN2O/c12-9-3-4-11(14-8-9)13-6-5-10-2-1-7-15-10/h1-4,7-8H,5-6H2,(H,13,14). The van der Waals surface area contributed by atoms with Gasteiger partial charge in [0.05, 0.1) is 6.26 Å². The van der Waals surface area contributed by atoms with Gasteiger partial charge in [-0.1, -0.05) is 0 Å². The Bertz CT molecular complexity index is 397. The van der Waals surface area contributed by atoms with Crippen LogP contribution in [0.4, 0.5) is 5.82 Å². The number of hydrogen-bond acceptors (Lipinski definition) is 3. The number of rotatable bonds is 4. The number of halogens is 1. The maximum absolute atomic E-state index is 5.22. The van der Waals surface area contributed by atoms with Crippen LogP contribution in [-0.4, -0.2) is 11.5 Å². The summed E-state index contributed by atoms with van der Waals surface area (Å²) in [6.45, 7) is 0.822. The molecule has 1 N–H and O–H groups in total. The second-order valence-electron chi connectivity index (χ2n) is 3.12. The first-order valence-electron chi connectivity index (χ1n) is 4.72. The van der Waals surface area contributed by atoms with Crippen LogP contribution in [0.1, 0.15) is 5.76 Å². The fraction of sp³-hybridized carbons (Fsp3) is 0.182. The van der Waals surface area contributed by atoms with E-state index in [1.165, 1.54) is 0 Å². The molecule has 0 bridgehead atoms. The SMILES string of the molecule is Brc1ccc(NCCc2ccco2)nc1. The number of aromatic nitrogens is 1. The molecule has 2 aromatic heterocycles. The van der Waals surface area contributed by atoms with E-state index in [-0.39, 0.29) is 0 Å². The highest BCUT2D eigenvalue weighted by molar-refractivity contribution is 9.10. The largest absolute Gasteiger partial charge is 0.469 e. The third kappa shape index (κ3) is 3.09. The number of anilines is 1. The molecule has 15 heavy (non-hydrogen) atoms. The molecule has 2 heterocycles. The van der Waals surface area contributed by atoms with Crippen LogP contribution < -0.4 is 5.32 Å². The minimum atomic E-state index is 0.822. The van der Waals surface area contributed by atoms with Crippen molar-refractivity contribution < 1.29 is 4.42 Å². The van der Waals surface area contributed by atoms with Gasteiger partial charge in [0.15, 0.2) is 0 Å². The lowest BCUT2D eigenvalue weighted by atomic mass is 10.3. The van der Waals surface area contributed by atoms with E-state index in [0.29, 0.717) is 0 Å². The van der Waals surface area contributed by atoms with E-state index in [4.69, 9.17) is 4.42 Å². The van der Waals surface area contributed by atoms with Gasteiger partial charge in [0, 0.05) is 23.6 Å². The van der Waals surface area contributed by atoms with Gasteiger partial charge < -0.3 is 9.73 Å². The van der Waals surface area contributed by atoms with Gasteiger partial charge in [-0.15, -0.1) is 0 Å². The molecule has 0 unspecified atom stereocenters. The first-order valence-corrected chi connectivity index (χ1v) is 5.52. The lowest BCUT2D eigenvalue weighted by Crippen LogP contribution is -2.05. The zero-order valence-corrected chi connectivity index (χ0v) is 9.70. The van der Waals surface area contributed by atoms with Crippen molar-refractivity contribution in [2.45, 2.75) is 6.42 Å². The zero-order valence-electron chi connectivity index (χ0n) is 8.11. The zero-order chi connectivity index (χ0) is 10.5. The molecule has 4 heteroatoms. The van der Waals surface area contributed by atoms with Crippen molar-refractivity contribution in [2.24, 2.45) is 0 Å². The summed E-state index contributed by atoms with van der Waals surface area (Å²) >= 11 is 3.34. The van der Waals surface area contributed by atoms with E-state index in [1.807, 2.05) is 24.3 Å². The van der Waals surface area contributed by atoms with E-state index in [0.717, 1.165) is 29.0 Å². The van der Waals surface area contributed by atoms with Crippen molar-refractivity contribution in [3.63, 3.8) is 0 Å². The van der Waals surface area contributed by atoms with Gasteiger partial charge in [-0.3, -0.25) is 0 Å². The van der Waals surface area contributed by atoms with Crippen molar-refractivity contribution in [2.75, 3.05) is 11.9 Å². The van der Waals surface area contributed by atoms with Crippen molar-refractivity contribution in [3.8, 4) is 0 Å². The number of hydrogen-bond donors (Lipinski definition) is 1. The molecule has 0 fully saturated rings. The summed E-state index contributed by atoms with van der Waals surface area (Å²) in [6, 6.07) is 7.76. The average Bonchev–Trinajstić information content (AvgIpc) is 2.74. The first-order chi connectivity index (χ1) is 7.34. The van der Waals surface area contributed by atoms with Crippen LogP contribution in [-0.2, 0) is 6.42 Å². The van der Waals surface area contributed by atoms with E-state index in [2.05, 4.69) is 26.2 Å². The molecule has 0 amide bonds. The molecule has 0 spiro atoms. The number of nitrogens with zero attached hydrogens (tertiary/aromatic N) is 1. The summed E-state index contributed by atoms with van der Waals surface area (Å²) in [7, 11) is 0. The normalized spacial score (nSPS) is 10.2. The Balaban J connectivity index is 1.81. The third-order valence-corrected chi connectivity index (χ3v) is 2.45. The summed E-state index contributed by atoms with van der Waals surface area (Å²) in [5.74, 6) is 1.87. The predicted molar refractivity (Wildman–Crippen MR) is 62.8 cm³/mol. The van der Waals surface area contributed by atoms with Gasteiger partial charge in [0.1, 0.15) is 11.6 Å². The Labute approximate surface area is 96.6 Å². The maximum atomic E-state index is 5.22. The highest BCUT2D eigenvalue weighted by atomic mass is 79.9. The lowest BCUT2D eigenvalue weighted by Gasteiger charge is -2.03. The first kappa shape index (κ1) is 10.2. The van der Waals surface area contributed by atoms with Gasteiger partial charge in [-0.25, -0.2) is 4.98 Å². The molecule has 0 aliphatic carbocycles. The Morgan fingerprint density at radius 2 is 2.27 bits per heavy atom. The van der Waals surface area contributed by atoms with Crippen LogP contribution in [0.15, 0.2) is 45.6 Å². The molecule has 0 saturated carbocycles. The van der Waals surface area contributed by atoms with E-state index in [1.54, 1.807) is 12.5 Å². The molecule has 2 rings (SSSR count). The molecule has 0 aromatic carbocycles. The molecule has 0 atom stereocenters. The molecule has 78 valence electrons. The monoisotopic (exact) mass is 266 g/mol. The second kappa shape index (κ2) is 4.98. The van der Waals surface area contributed by atoms with Gasteiger partial charge in [-0.2, -0.15) is 0 Å². The van der Waals surface area contributed by atoms with E-state index in [9.17, 15) is 0 Å². The van der Waals surface area contributed by atoms with Crippen LogP contribution in [0, 0.1) is 0 Å². The van der Waals surface area contributed by atoms with Crippen LogP contribution >= 0.6 is 15.9 Å². The number of pyridine rings is 1. The molecule has 0 saturated heterocycles. The summed E-state index contributed by atoms with van der Waals surface area (Å²) in [5, 5.41) is 3.22. The molecular formula is C11H11BrN2O. The van der Waals surface area contributed by atoms with Gasteiger partial charge in [-0.05, 0) is 40.2 Å². The Hall–Kier alpha value is -1.29. The van der Waals surface area contributed by atoms with Gasteiger partial charge >= 0.3 is 0 Å². The third-order valence-electron chi connectivity index (χ3n) is 1.99. The van der Waals surface area contributed by atoms with Crippen LogP contribution in [0.2, 0.25) is 0 Å². The molecular weight excluding hydrogens is 256 g/mol. The van der Waals surface area contributed by atoms with E-state index < -0.39 is 0 Å². The maximum Gasteiger partial charge on any atom is 0.125 e. The highest BCUT2D eigenvalue weighted by Gasteiger charge is 1.96. The smallest absolute Gasteiger partial charge is 0.125 e. The van der Waals surface area contributed by atoms with Crippen molar-refractivity contribution >= 4 is 21.7 Å². The van der Waals surface area contributed by atoms with Crippen LogP contribution in [0.3, 0.4) is 0 Å². The van der Waals surface area contributed by atoms with Crippen molar-refractivity contribution in [1.82, 2.24) is 4.98 Å². The number of nitrogens with one attached hydrogen (secondary N) is 1. The minimum Gasteiger partial charge on any atom is -0.469 e. The highest BCUT2D eigenvalue weighted by Crippen LogP contribution is 2.10. The summed E-state index contributed by atoms with van der Waals surface area (Å²) < 4.78 is 6.21. The minimum absolute atomic E-state index is 0.822. The van der Waals surface area contributed by atoms with E-state index >= 15 is 0 Å². The molecule has 2 aromatic rings. The van der Waals surface area contributed by atoms with Gasteiger partial charge in [0.2, 0.25) is 0 Å².